The molecule has 0 amide bonds. The maximum Gasteiger partial charge on any atom is 0.0136 e. The summed E-state index contributed by atoms with van der Waals surface area (Å²) in [7, 11) is 0. The lowest BCUT2D eigenvalue weighted by atomic mass is 10.2. The van der Waals surface area contributed by atoms with Gasteiger partial charge < -0.3 is 11.1 Å². The van der Waals surface area contributed by atoms with Crippen LogP contribution in [0.3, 0.4) is 0 Å². The molecular formula is C9H22N2. The zero-order valence-electron chi connectivity index (χ0n) is 7.90. The van der Waals surface area contributed by atoms with Crippen molar-refractivity contribution in [1.29, 1.82) is 0 Å². The summed E-state index contributed by atoms with van der Waals surface area (Å²) in [4.78, 5) is 0. The zero-order chi connectivity index (χ0) is 8.53. The highest BCUT2D eigenvalue weighted by Crippen LogP contribution is 1.96. The van der Waals surface area contributed by atoms with Crippen LogP contribution in [0.5, 0.6) is 0 Å². The Hall–Kier alpha value is -0.0800. The average Bonchev–Trinajstić information content (AvgIpc) is 1.96. The van der Waals surface area contributed by atoms with Gasteiger partial charge in [-0.25, -0.2) is 0 Å². The topological polar surface area (TPSA) is 38.0 Å². The molecule has 0 saturated carbocycles. The van der Waals surface area contributed by atoms with Crippen molar-refractivity contribution in [3.05, 3.63) is 0 Å². The van der Waals surface area contributed by atoms with Crippen LogP contribution >= 0.6 is 0 Å². The molecule has 0 radical (unpaired) electrons. The van der Waals surface area contributed by atoms with Crippen LogP contribution in [0.4, 0.5) is 0 Å². The number of hydrogen-bond acceptors (Lipinski definition) is 2. The Balaban J connectivity index is 2.80. The van der Waals surface area contributed by atoms with Crippen molar-refractivity contribution < 1.29 is 0 Å². The van der Waals surface area contributed by atoms with Crippen molar-refractivity contribution in [2.75, 3.05) is 13.1 Å². The lowest BCUT2D eigenvalue weighted by molar-refractivity contribution is 0.565. The molecule has 3 N–H and O–H groups in total. The molecule has 0 bridgehead atoms. The van der Waals surface area contributed by atoms with E-state index in [-0.39, 0.29) is 0 Å². The maximum absolute atomic E-state index is 5.57. The van der Waals surface area contributed by atoms with Gasteiger partial charge in [-0.2, -0.15) is 0 Å². The standard InChI is InChI=1S/C9H22N2/c1-3-4-5-6-7-11-8-9(2)10/h9,11H,3-8,10H2,1-2H3/t9-/m1/s1. The third-order valence-corrected chi connectivity index (χ3v) is 1.67. The Bertz CT molecular complexity index is 72.0. The highest BCUT2D eigenvalue weighted by Gasteiger charge is 1.91. The van der Waals surface area contributed by atoms with Crippen LogP contribution in [0.1, 0.15) is 39.5 Å². The SMILES string of the molecule is CCCCCCNC[C@@H](C)N. The van der Waals surface area contributed by atoms with Gasteiger partial charge >= 0.3 is 0 Å². The molecule has 0 spiro atoms. The Morgan fingerprint density at radius 2 is 2.00 bits per heavy atom. The van der Waals surface area contributed by atoms with E-state index in [4.69, 9.17) is 5.73 Å². The fourth-order valence-corrected chi connectivity index (χ4v) is 1.01. The van der Waals surface area contributed by atoms with Gasteiger partial charge in [0.15, 0.2) is 0 Å². The third kappa shape index (κ3) is 9.92. The smallest absolute Gasteiger partial charge is 0.0136 e. The molecule has 0 saturated heterocycles. The fourth-order valence-electron chi connectivity index (χ4n) is 1.01. The van der Waals surface area contributed by atoms with Crippen LogP contribution in [0.25, 0.3) is 0 Å². The maximum atomic E-state index is 5.57. The summed E-state index contributed by atoms with van der Waals surface area (Å²) < 4.78 is 0. The van der Waals surface area contributed by atoms with E-state index in [1.807, 2.05) is 6.92 Å². The van der Waals surface area contributed by atoms with Gasteiger partial charge in [0.2, 0.25) is 0 Å². The highest BCUT2D eigenvalue weighted by molar-refractivity contribution is 4.56. The molecule has 2 nitrogen and oxygen atoms in total. The minimum atomic E-state index is 0.293. The van der Waals surface area contributed by atoms with Crippen LogP contribution in [0.15, 0.2) is 0 Å². The van der Waals surface area contributed by atoms with Crippen LogP contribution in [0, 0.1) is 0 Å². The van der Waals surface area contributed by atoms with E-state index in [2.05, 4.69) is 12.2 Å². The van der Waals surface area contributed by atoms with Gasteiger partial charge in [0.25, 0.3) is 0 Å². The quantitative estimate of drug-likeness (QED) is 0.551. The second-order valence-electron chi connectivity index (χ2n) is 3.24. The van der Waals surface area contributed by atoms with Gasteiger partial charge in [0.05, 0.1) is 0 Å². The summed E-state index contributed by atoms with van der Waals surface area (Å²) in [5.41, 5.74) is 5.57. The highest BCUT2D eigenvalue weighted by atomic mass is 14.9. The van der Waals surface area contributed by atoms with Gasteiger partial charge in [0, 0.05) is 12.6 Å². The minimum absolute atomic E-state index is 0.293. The van der Waals surface area contributed by atoms with Crippen molar-refractivity contribution in [3.63, 3.8) is 0 Å². The third-order valence-electron chi connectivity index (χ3n) is 1.67. The molecule has 68 valence electrons. The monoisotopic (exact) mass is 158 g/mol. The Labute approximate surface area is 70.5 Å². The first-order valence-electron chi connectivity index (χ1n) is 4.73. The first kappa shape index (κ1) is 10.9. The lowest BCUT2D eigenvalue weighted by Crippen LogP contribution is -2.31. The fraction of sp³-hybridized carbons (Fsp3) is 1.00. The van der Waals surface area contributed by atoms with E-state index >= 15 is 0 Å². The van der Waals surface area contributed by atoms with E-state index < -0.39 is 0 Å². The van der Waals surface area contributed by atoms with Crippen molar-refractivity contribution >= 4 is 0 Å². The molecule has 0 fully saturated rings. The Morgan fingerprint density at radius 1 is 1.27 bits per heavy atom. The Kier molecular flexibility index (Phi) is 7.96. The molecule has 0 aliphatic heterocycles. The molecule has 0 unspecified atom stereocenters. The summed E-state index contributed by atoms with van der Waals surface area (Å²) in [6.07, 6.45) is 5.32. The largest absolute Gasteiger partial charge is 0.327 e. The number of rotatable bonds is 7. The zero-order valence-corrected chi connectivity index (χ0v) is 7.90. The number of hydrogen-bond donors (Lipinski definition) is 2. The molecule has 0 aliphatic carbocycles. The van der Waals surface area contributed by atoms with Crippen LogP contribution in [0.2, 0.25) is 0 Å². The number of nitrogens with two attached hydrogens (primary N) is 1. The molecular weight excluding hydrogens is 136 g/mol. The summed E-state index contributed by atoms with van der Waals surface area (Å²) >= 11 is 0. The normalized spacial score (nSPS) is 13.4. The van der Waals surface area contributed by atoms with Crippen LogP contribution in [-0.2, 0) is 0 Å². The van der Waals surface area contributed by atoms with Gasteiger partial charge in [-0.15, -0.1) is 0 Å². The molecule has 0 aromatic carbocycles. The first-order chi connectivity index (χ1) is 5.27. The Morgan fingerprint density at radius 3 is 2.55 bits per heavy atom. The second-order valence-corrected chi connectivity index (χ2v) is 3.24. The number of unbranched alkanes of at least 4 members (excludes halogenated alkanes) is 3. The summed E-state index contributed by atoms with van der Waals surface area (Å²) in [5.74, 6) is 0. The van der Waals surface area contributed by atoms with E-state index in [0.29, 0.717) is 6.04 Å². The van der Waals surface area contributed by atoms with Gasteiger partial charge in [-0.05, 0) is 19.9 Å². The van der Waals surface area contributed by atoms with Gasteiger partial charge in [-0.3, -0.25) is 0 Å². The van der Waals surface area contributed by atoms with Crippen molar-refractivity contribution in [2.24, 2.45) is 5.73 Å². The molecule has 11 heavy (non-hydrogen) atoms. The minimum Gasteiger partial charge on any atom is -0.327 e. The molecule has 0 aliphatic rings. The second kappa shape index (κ2) is 8.02. The summed E-state index contributed by atoms with van der Waals surface area (Å²) in [6.45, 7) is 6.34. The predicted octanol–water partition coefficient (Wildman–Crippen LogP) is 1.50. The van der Waals surface area contributed by atoms with Gasteiger partial charge in [0.1, 0.15) is 0 Å². The molecule has 2 heteroatoms. The molecule has 0 heterocycles. The van der Waals surface area contributed by atoms with E-state index in [1.165, 1.54) is 25.7 Å². The number of nitrogens with one attached hydrogen (secondary N) is 1. The first-order valence-corrected chi connectivity index (χ1v) is 4.73. The van der Waals surface area contributed by atoms with E-state index in [9.17, 15) is 0 Å². The molecule has 0 rings (SSSR count). The van der Waals surface area contributed by atoms with Crippen LogP contribution in [-0.4, -0.2) is 19.1 Å². The average molecular weight is 158 g/mol. The van der Waals surface area contributed by atoms with Crippen molar-refractivity contribution in [3.8, 4) is 0 Å². The predicted molar refractivity (Wildman–Crippen MR) is 50.7 cm³/mol. The van der Waals surface area contributed by atoms with Crippen molar-refractivity contribution in [2.45, 2.75) is 45.6 Å². The summed E-state index contributed by atoms with van der Waals surface area (Å²) in [5, 5.41) is 3.32. The molecule has 0 aromatic rings. The van der Waals surface area contributed by atoms with Crippen molar-refractivity contribution in [1.82, 2.24) is 5.32 Å². The molecule has 0 aromatic heterocycles. The lowest BCUT2D eigenvalue weighted by Gasteiger charge is -2.06. The van der Waals surface area contributed by atoms with E-state index in [1.54, 1.807) is 0 Å². The summed E-state index contributed by atoms with van der Waals surface area (Å²) in [6, 6.07) is 0.293. The van der Waals surface area contributed by atoms with Gasteiger partial charge in [-0.1, -0.05) is 26.2 Å². The molecule has 1 atom stereocenters. The van der Waals surface area contributed by atoms with Crippen LogP contribution < -0.4 is 11.1 Å². The van der Waals surface area contributed by atoms with E-state index in [0.717, 1.165) is 13.1 Å².